The predicted molar refractivity (Wildman–Crippen MR) is 90.7 cm³/mol. The summed E-state index contributed by atoms with van der Waals surface area (Å²) in [5, 5.41) is 15.2. The minimum Gasteiger partial charge on any atom is -0.363 e. The van der Waals surface area contributed by atoms with Crippen LogP contribution in [0.15, 0.2) is 16.7 Å². The molecule has 122 valence electrons. The maximum Gasteiger partial charge on any atom is 0.311 e. The largest absolute Gasteiger partial charge is 0.363 e. The van der Waals surface area contributed by atoms with Crippen LogP contribution in [-0.2, 0) is 0 Å². The molecule has 1 aliphatic rings. The first kappa shape index (κ1) is 16.4. The first-order valence-corrected chi connectivity index (χ1v) is 8.16. The molecule has 1 aliphatic heterocycles. The summed E-state index contributed by atoms with van der Waals surface area (Å²) in [6, 6.07) is 1.69. The number of benzene rings is 1. The Morgan fingerprint density at radius 1 is 1.61 bits per heavy atom. The molecule has 3 rings (SSSR count). The van der Waals surface area contributed by atoms with Gasteiger partial charge in [0.1, 0.15) is 17.4 Å². The number of piperazine rings is 1. The Bertz CT molecular complexity index is 804. The second kappa shape index (κ2) is 6.18. The van der Waals surface area contributed by atoms with E-state index in [0.717, 1.165) is 6.20 Å². The van der Waals surface area contributed by atoms with Gasteiger partial charge in [-0.1, -0.05) is 11.6 Å². The third kappa shape index (κ3) is 2.86. The van der Waals surface area contributed by atoms with Crippen molar-refractivity contribution < 1.29 is 9.31 Å². The molecule has 0 saturated carbocycles. The zero-order valence-electron chi connectivity index (χ0n) is 12.1. The lowest BCUT2D eigenvalue weighted by Gasteiger charge is -2.33. The maximum absolute atomic E-state index is 14.4. The van der Waals surface area contributed by atoms with E-state index in [2.05, 4.69) is 26.2 Å². The number of rotatable bonds is 2. The van der Waals surface area contributed by atoms with E-state index in [1.165, 1.54) is 6.07 Å². The Hall–Kier alpha value is -1.51. The van der Waals surface area contributed by atoms with Crippen LogP contribution in [0, 0.1) is 15.9 Å². The number of anilines is 1. The first-order chi connectivity index (χ1) is 10.9. The zero-order valence-corrected chi connectivity index (χ0v) is 14.5. The molecule has 0 unspecified atom stereocenters. The number of hydrogen-bond donors (Lipinski definition) is 1. The Balaban J connectivity index is 2.31. The number of pyridine rings is 1. The molecule has 9 heteroatoms. The summed E-state index contributed by atoms with van der Waals surface area (Å²) >= 11 is 9.12. The van der Waals surface area contributed by atoms with Gasteiger partial charge in [-0.05, 0) is 28.9 Å². The molecule has 1 aromatic carbocycles. The van der Waals surface area contributed by atoms with E-state index in [0.29, 0.717) is 30.7 Å². The molecule has 1 fully saturated rings. The number of aromatic nitrogens is 1. The summed E-state index contributed by atoms with van der Waals surface area (Å²) in [7, 11) is 0. The van der Waals surface area contributed by atoms with Crippen molar-refractivity contribution in [3.05, 3.63) is 37.7 Å². The third-order valence-corrected chi connectivity index (χ3v) is 5.13. The van der Waals surface area contributed by atoms with E-state index in [4.69, 9.17) is 11.6 Å². The van der Waals surface area contributed by atoms with Gasteiger partial charge in [-0.2, -0.15) is 0 Å². The van der Waals surface area contributed by atoms with Crippen molar-refractivity contribution in [2.75, 3.05) is 24.5 Å². The van der Waals surface area contributed by atoms with E-state index in [1.807, 2.05) is 11.8 Å². The number of halogens is 3. The third-order valence-electron chi connectivity index (χ3n) is 3.83. The SMILES string of the molecule is C[C@@H]1CN(c2c([N+](=O)[O-])cnc3c(F)c(Br)c(Cl)cc23)CCN1. The van der Waals surface area contributed by atoms with Crippen LogP contribution in [0.5, 0.6) is 0 Å². The van der Waals surface area contributed by atoms with E-state index in [1.54, 1.807) is 0 Å². The lowest BCUT2D eigenvalue weighted by molar-refractivity contribution is -0.384. The molecule has 23 heavy (non-hydrogen) atoms. The fourth-order valence-corrected chi connectivity index (χ4v) is 3.31. The van der Waals surface area contributed by atoms with E-state index < -0.39 is 10.7 Å². The quantitative estimate of drug-likeness (QED) is 0.472. The molecular formula is C14H13BrClFN4O2. The Kier molecular flexibility index (Phi) is 4.39. The molecule has 0 spiro atoms. The highest BCUT2D eigenvalue weighted by Gasteiger charge is 2.28. The fraction of sp³-hybridized carbons (Fsp3) is 0.357. The second-order valence-corrected chi connectivity index (χ2v) is 6.63. The van der Waals surface area contributed by atoms with Crippen molar-refractivity contribution in [1.29, 1.82) is 0 Å². The molecule has 2 heterocycles. The highest BCUT2D eigenvalue weighted by Crippen LogP contribution is 2.40. The minimum atomic E-state index is -0.619. The van der Waals surface area contributed by atoms with Crippen LogP contribution < -0.4 is 10.2 Å². The van der Waals surface area contributed by atoms with Gasteiger partial charge < -0.3 is 10.2 Å². The van der Waals surface area contributed by atoms with Crippen molar-refractivity contribution in [1.82, 2.24) is 10.3 Å². The molecule has 1 aromatic heterocycles. The van der Waals surface area contributed by atoms with Gasteiger partial charge in [-0.3, -0.25) is 10.1 Å². The summed E-state index contributed by atoms with van der Waals surface area (Å²) in [6.07, 6.45) is 1.10. The molecular weight excluding hydrogens is 391 g/mol. The van der Waals surface area contributed by atoms with Crippen molar-refractivity contribution in [2.45, 2.75) is 13.0 Å². The van der Waals surface area contributed by atoms with Gasteiger partial charge in [0.25, 0.3) is 0 Å². The minimum absolute atomic E-state index is 0.0630. The lowest BCUT2D eigenvalue weighted by Crippen LogP contribution is -2.49. The summed E-state index contributed by atoms with van der Waals surface area (Å²) in [5.41, 5.74) is 0.277. The molecule has 1 atom stereocenters. The van der Waals surface area contributed by atoms with Crippen LogP contribution >= 0.6 is 27.5 Å². The van der Waals surface area contributed by atoms with Gasteiger partial charge in [0, 0.05) is 31.1 Å². The Labute approximate surface area is 144 Å². The van der Waals surface area contributed by atoms with E-state index >= 15 is 0 Å². The normalized spacial score (nSPS) is 18.4. The van der Waals surface area contributed by atoms with Crippen molar-refractivity contribution in [3.8, 4) is 0 Å². The van der Waals surface area contributed by atoms with Crippen LogP contribution in [0.1, 0.15) is 6.92 Å². The van der Waals surface area contributed by atoms with Gasteiger partial charge in [0.15, 0.2) is 5.82 Å². The molecule has 0 amide bonds. The number of nitro groups is 1. The molecule has 1 N–H and O–H groups in total. The van der Waals surface area contributed by atoms with E-state index in [-0.39, 0.29) is 26.7 Å². The molecule has 6 nitrogen and oxygen atoms in total. The number of nitrogens with zero attached hydrogens (tertiary/aromatic N) is 3. The van der Waals surface area contributed by atoms with Crippen LogP contribution in [-0.4, -0.2) is 35.6 Å². The summed E-state index contributed by atoms with van der Waals surface area (Å²) in [6.45, 7) is 3.84. The molecule has 0 bridgehead atoms. The Morgan fingerprint density at radius 3 is 3.00 bits per heavy atom. The average Bonchev–Trinajstić information content (AvgIpc) is 2.51. The number of hydrogen-bond acceptors (Lipinski definition) is 5. The fourth-order valence-electron chi connectivity index (χ4n) is 2.82. The summed E-state index contributed by atoms with van der Waals surface area (Å²) < 4.78 is 14.5. The molecule has 2 aromatic rings. The van der Waals surface area contributed by atoms with Crippen molar-refractivity contribution in [2.24, 2.45) is 0 Å². The average molecular weight is 404 g/mol. The topological polar surface area (TPSA) is 71.3 Å². The number of fused-ring (bicyclic) bond motifs is 1. The summed E-state index contributed by atoms with van der Waals surface area (Å²) in [5.74, 6) is -0.619. The van der Waals surface area contributed by atoms with Crippen LogP contribution in [0.3, 0.4) is 0 Å². The van der Waals surface area contributed by atoms with Gasteiger partial charge in [0.05, 0.1) is 14.4 Å². The number of nitrogens with one attached hydrogen (secondary N) is 1. The van der Waals surface area contributed by atoms with Crippen molar-refractivity contribution in [3.63, 3.8) is 0 Å². The van der Waals surface area contributed by atoms with Gasteiger partial charge >= 0.3 is 5.69 Å². The lowest BCUT2D eigenvalue weighted by atomic mass is 10.1. The molecule has 0 radical (unpaired) electrons. The van der Waals surface area contributed by atoms with Crippen LogP contribution in [0.25, 0.3) is 10.9 Å². The van der Waals surface area contributed by atoms with Gasteiger partial charge in [0.2, 0.25) is 0 Å². The second-order valence-electron chi connectivity index (χ2n) is 5.43. The van der Waals surface area contributed by atoms with Crippen LogP contribution in [0.4, 0.5) is 15.8 Å². The highest BCUT2D eigenvalue weighted by atomic mass is 79.9. The maximum atomic E-state index is 14.4. The predicted octanol–water partition coefficient (Wildman–Crippen LogP) is 3.50. The monoisotopic (exact) mass is 402 g/mol. The molecule has 0 aliphatic carbocycles. The summed E-state index contributed by atoms with van der Waals surface area (Å²) in [4.78, 5) is 16.7. The Morgan fingerprint density at radius 2 is 2.35 bits per heavy atom. The van der Waals surface area contributed by atoms with Crippen molar-refractivity contribution >= 4 is 49.8 Å². The van der Waals surface area contributed by atoms with E-state index in [9.17, 15) is 14.5 Å². The standard InChI is InChI=1S/C14H13BrClFN4O2/c1-7-6-20(3-2-18-7)14-8-4-9(16)11(15)12(17)13(8)19-5-10(14)21(22)23/h4-5,7,18H,2-3,6H2,1H3/t7-/m1/s1. The smallest absolute Gasteiger partial charge is 0.311 e. The molecule has 1 saturated heterocycles. The van der Waals surface area contributed by atoms with Crippen LogP contribution in [0.2, 0.25) is 5.02 Å². The van der Waals surface area contributed by atoms with Gasteiger partial charge in [-0.15, -0.1) is 0 Å². The highest BCUT2D eigenvalue weighted by molar-refractivity contribution is 9.10. The zero-order chi connectivity index (χ0) is 16.7. The van der Waals surface area contributed by atoms with Gasteiger partial charge in [-0.25, -0.2) is 9.37 Å². The first-order valence-electron chi connectivity index (χ1n) is 6.99.